The first kappa shape index (κ1) is 20.4. The highest BCUT2D eigenvalue weighted by Gasteiger charge is 2.39. The van der Waals surface area contributed by atoms with E-state index < -0.39 is 5.60 Å². The number of nitrogens with one attached hydrogen (secondary N) is 2. The molecule has 3 rings (SSSR count). The molecule has 1 aromatic carbocycles. The molecule has 142 valence electrons. The third-order valence-electron chi connectivity index (χ3n) is 4.73. The number of carbonyl (C=O) groups is 1. The van der Waals surface area contributed by atoms with E-state index in [2.05, 4.69) is 15.6 Å². The number of piperidine rings is 1. The van der Waals surface area contributed by atoms with Crippen LogP contribution in [0.3, 0.4) is 0 Å². The van der Waals surface area contributed by atoms with Crippen molar-refractivity contribution in [3.8, 4) is 11.5 Å². The van der Waals surface area contributed by atoms with Gasteiger partial charge in [-0.05, 0) is 45.0 Å². The second-order valence-electron chi connectivity index (χ2n) is 6.46. The maximum Gasteiger partial charge on any atom is 0.252 e. The van der Waals surface area contributed by atoms with Gasteiger partial charge >= 0.3 is 0 Å². The van der Waals surface area contributed by atoms with Gasteiger partial charge in [-0.1, -0.05) is 17.7 Å². The minimum Gasteiger partial charge on any atom is -0.444 e. The number of nitrogens with zero attached hydrogens (tertiary/aromatic N) is 1. The molecule has 26 heavy (non-hydrogen) atoms. The number of hydrogen-bond donors (Lipinski definition) is 2. The predicted octanol–water partition coefficient (Wildman–Crippen LogP) is 2.50. The quantitative estimate of drug-likeness (QED) is 0.806. The van der Waals surface area contributed by atoms with Gasteiger partial charge in [0.25, 0.3) is 5.91 Å². The number of carbonyl (C=O) groups excluding carboxylic acids is 1. The molecule has 1 aliphatic rings. The fraction of sp³-hybridized carbons (Fsp3) is 0.474. The molecule has 1 saturated heterocycles. The summed E-state index contributed by atoms with van der Waals surface area (Å²) in [5.74, 6) is 0.562. The van der Waals surface area contributed by atoms with Crippen molar-refractivity contribution in [1.29, 1.82) is 0 Å². The van der Waals surface area contributed by atoms with Crippen LogP contribution in [-0.4, -0.2) is 43.2 Å². The summed E-state index contributed by atoms with van der Waals surface area (Å²) in [5.41, 5.74) is 2.27. The first-order valence-electron chi connectivity index (χ1n) is 8.68. The molecule has 0 bridgehead atoms. The summed E-state index contributed by atoms with van der Waals surface area (Å²) in [4.78, 5) is 17.0. The number of aryl methyl sites for hydroxylation is 1. The molecule has 0 spiro atoms. The van der Waals surface area contributed by atoms with Gasteiger partial charge in [-0.15, -0.1) is 12.4 Å². The molecule has 1 amide bonds. The van der Waals surface area contributed by atoms with Crippen LogP contribution in [-0.2, 0) is 16.0 Å². The van der Waals surface area contributed by atoms with Gasteiger partial charge in [0.2, 0.25) is 5.89 Å². The monoisotopic (exact) mass is 379 g/mol. The zero-order valence-corrected chi connectivity index (χ0v) is 16.0. The van der Waals surface area contributed by atoms with Gasteiger partial charge in [0.1, 0.15) is 11.9 Å². The van der Waals surface area contributed by atoms with Crippen molar-refractivity contribution in [3.05, 3.63) is 41.8 Å². The highest BCUT2D eigenvalue weighted by Crippen LogP contribution is 2.23. The number of oxazole rings is 1. The van der Waals surface area contributed by atoms with E-state index in [0.29, 0.717) is 31.7 Å². The van der Waals surface area contributed by atoms with Crippen molar-refractivity contribution < 1.29 is 13.9 Å². The second kappa shape index (κ2) is 9.16. The molecule has 1 fully saturated rings. The molecule has 1 aromatic heterocycles. The summed E-state index contributed by atoms with van der Waals surface area (Å²) in [6.07, 6.45) is 3.66. The van der Waals surface area contributed by atoms with Crippen LogP contribution in [0.25, 0.3) is 11.5 Å². The number of amides is 1. The fourth-order valence-corrected chi connectivity index (χ4v) is 3.07. The maximum absolute atomic E-state index is 12.5. The van der Waals surface area contributed by atoms with Crippen LogP contribution in [0.1, 0.15) is 24.1 Å². The van der Waals surface area contributed by atoms with Crippen LogP contribution in [0, 0.1) is 6.92 Å². The number of benzene rings is 1. The van der Waals surface area contributed by atoms with E-state index in [0.717, 1.165) is 24.3 Å². The number of aromatic nitrogens is 1. The Morgan fingerprint density at radius 3 is 2.65 bits per heavy atom. The number of methoxy groups -OCH3 is 1. The minimum absolute atomic E-state index is 0. The molecule has 7 heteroatoms. The van der Waals surface area contributed by atoms with Gasteiger partial charge in [0.15, 0.2) is 0 Å². The van der Waals surface area contributed by atoms with Gasteiger partial charge in [-0.25, -0.2) is 4.98 Å². The molecule has 2 N–H and O–H groups in total. The highest BCUT2D eigenvalue weighted by molar-refractivity contribution is 5.85. The average Bonchev–Trinajstić information content (AvgIpc) is 3.11. The van der Waals surface area contributed by atoms with E-state index in [1.54, 1.807) is 13.4 Å². The van der Waals surface area contributed by atoms with E-state index in [-0.39, 0.29) is 18.3 Å². The molecular formula is C19H26ClN3O3. The SMILES string of the molecule is COC1(C(=O)NCCc2coc(-c3ccc(C)cc3)n2)CCNCC1.Cl. The van der Waals surface area contributed by atoms with Crippen LogP contribution < -0.4 is 10.6 Å². The molecule has 2 aromatic rings. The number of ether oxygens (including phenoxy) is 1. The summed E-state index contributed by atoms with van der Waals surface area (Å²) in [5, 5.41) is 6.23. The molecule has 0 atom stereocenters. The molecule has 0 aliphatic carbocycles. The molecule has 0 radical (unpaired) electrons. The van der Waals surface area contributed by atoms with Crippen LogP contribution >= 0.6 is 12.4 Å². The lowest BCUT2D eigenvalue weighted by molar-refractivity contribution is -0.146. The third-order valence-corrected chi connectivity index (χ3v) is 4.73. The van der Waals surface area contributed by atoms with E-state index in [4.69, 9.17) is 9.15 Å². The smallest absolute Gasteiger partial charge is 0.252 e. The van der Waals surface area contributed by atoms with Crippen molar-refractivity contribution in [2.24, 2.45) is 0 Å². The summed E-state index contributed by atoms with van der Waals surface area (Å²) >= 11 is 0. The number of halogens is 1. The van der Waals surface area contributed by atoms with Gasteiger partial charge < -0.3 is 19.8 Å². The van der Waals surface area contributed by atoms with Crippen LogP contribution in [0.15, 0.2) is 34.9 Å². The lowest BCUT2D eigenvalue weighted by Crippen LogP contribution is -2.54. The highest BCUT2D eigenvalue weighted by atomic mass is 35.5. The minimum atomic E-state index is -0.706. The third kappa shape index (κ3) is 4.63. The Morgan fingerprint density at radius 2 is 2.00 bits per heavy atom. The van der Waals surface area contributed by atoms with Crippen molar-refractivity contribution in [2.75, 3.05) is 26.7 Å². The van der Waals surface area contributed by atoms with Crippen LogP contribution in [0.5, 0.6) is 0 Å². The molecule has 2 heterocycles. The number of rotatable bonds is 6. The lowest BCUT2D eigenvalue weighted by Gasteiger charge is -2.34. The Balaban J connectivity index is 0.00000243. The van der Waals surface area contributed by atoms with Crippen molar-refractivity contribution in [3.63, 3.8) is 0 Å². The molecule has 0 unspecified atom stereocenters. The van der Waals surface area contributed by atoms with Crippen molar-refractivity contribution in [1.82, 2.24) is 15.6 Å². The molecule has 1 aliphatic heterocycles. The Morgan fingerprint density at radius 1 is 1.31 bits per heavy atom. The zero-order valence-electron chi connectivity index (χ0n) is 15.2. The second-order valence-corrected chi connectivity index (χ2v) is 6.46. The topological polar surface area (TPSA) is 76.4 Å². The molecule has 6 nitrogen and oxygen atoms in total. The first-order valence-corrected chi connectivity index (χ1v) is 8.68. The summed E-state index contributed by atoms with van der Waals surface area (Å²) in [6, 6.07) is 8.05. The Kier molecular flexibility index (Phi) is 7.20. The Hall–Kier alpha value is -1.89. The van der Waals surface area contributed by atoms with Crippen LogP contribution in [0.2, 0.25) is 0 Å². The largest absolute Gasteiger partial charge is 0.444 e. The van der Waals surface area contributed by atoms with Crippen LogP contribution in [0.4, 0.5) is 0 Å². The first-order chi connectivity index (χ1) is 12.1. The summed E-state index contributed by atoms with van der Waals surface area (Å²) in [7, 11) is 1.61. The summed E-state index contributed by atoms with van der Waals surface area (Å²) in [6.45, 7) is 4.15. The Labute approximate surface area is 160 Å². The Bertz CT molecular complexity index is 709. The van der Waals surface area contributed by atoms with Gasteiger partial charge in [0, 0.05) is 25.6 Å². The normalized spacial score (nSPS) is 15.9. The van der Waals surface area contributed by atoms with Crippen molar-refractivity contribution >= 4 is 18.3 Å². The average molecular weight is 380 g/mol. The molecular weight excluding hydrogens is 354 g/mol. The van der Waals surface area contributed by atoms with Gasteiger partial charge in [0.05, 0.1) is 5.69 Å². The van der Waals surface area contributed by atoms with E-state index in [9.17, 15) is 4.79 Å². The maximum atomic E-state index is 12.5. The van der Waals surface area contributed by atoms with Gasteiger partial charge in [-0.3, -0.25) is 4.79 Å². The van der Waals surface area contributed by atoms with Gasteiger partial charge in [-0.2, -0.15) is 0 Å². The van der Waals surface area contributed by atoms with Crippen molar-refractivity contribution in [2.45, 2.75) is 31.8 Å². The zero-order chi connectivity index (χ0) is 17.7. The van der Waals surface area contributed by atoms with E-state index >= 15 is 0 Å². The lowest BCUT2D eigenvalue weighted by atomic mass is 9.91. The standard InChI is InChI=1S/C19H25N3O3.ClH/c1-14-3-5-15(6-4-14)17-22-16(13-25-17)7-10-21-18(23)19(24-2)8-11-20-12-9-19;/h3-6,13,20H,7-12H2,1-2H3,(H,21,23);1H. The fourth-order valence-electron chi connectivity index (χ4n) is 3.07. The molecule has 0 saturated carbocycles. The number of hydrogen-bond acceptors (Lipinski definition) is 5. The predicted molar refractivity (Wildman–Crippen MR) is 102 cm³/mol. The van der Waals surface area contributed by atoms with E-state index in [1.165, 1.54) is 5.56 Å². The van der Waals surface area contributed by atoms with E-state index in [1.807, 2.05) is 31.2 Å². The summed E-state index contributed by atoms with van der Waals surface area (Å²) < 4.78 is 11.1.